The molecular weight excluding hydrogens is 697 g/mol. The topological polar surface area (TPSA) is 86.2 Å². The SMILES string of the molecule is N#Cc1cc(-c2cccc(C#N)c2-n2c3ccccc3c3ccc(-n4c5ccccc5c5cc(C#N)ccc54)cc32)cc(-n2c3ccccc3c3ccccc32)c1. The van der Waals surface area contributed by atoms with E-state index in [1.165, 1.54) is 0 Å². The summed E-state index contributed by atoms with van der Waals surface area (Å²) in [6.45, 7) is 0. The maximum atomic E-state index is 10.8. The minimum atomic E-state index is 0.516. The van der Waals surface area contributed by atoms with Crippen molar-refractivity contribution in [3.05, 3.63) is 187 Å². The summed E-state index contributed by atoms with van der Waals surface area (Å²) in [5.74, 6) is 0. The van der Waals surface area contributed by atoms with Gasteiger partial charge in [0.1, 0.15) is 6.07 Å². The van der Waals surface area contributed by atoms with Crippen molar-refractivity contribution in [1.82, 2.24) is 13.7 Å². The van der Waals surface area contributed by atoms with Crippen molar-refractivity contribution in [2.45, 2.75) is 0 Å². The second-order valence-electron chi connectivity index (χ2n) is 14.3. The van der Waals surface area contributed by atoms with Gasteiger partial charge < -0.3 is 13.7 Å². The summed E-state index contributed by atoms with van der Waals surface area (Å²) in [5.41, 5.74) is 11.9. The molecule has 0 bridgehead atoms. The van der Waals surface area contributed by atoms with Crippen LogP contribution in [-0.2, 0) is 0 Å². The smallest absolute Gasteiger partial charge is 0.101 e. The molecule has 6 heteroatoms. The highest BCUT2D eigenvalue weighted by atomic mass is 15.0. The van der Waals surface area contributed by atoms with Crippen molar-refractivity contribution >= 4 is 65.4 Å². The average Bonchev–Trinajstić information content (AvgIpc) is 3.91. The Hall–Kier alpha value is -8.37. The quantitative estimate of drug-likeness (QED) is 0.181. The number of nitriles is 3. The lowest BCUT2D eigenvalue weighted by atomic mass is 9.97. The van der Waals surface area contributed by atoms with Crippen LogP contribution in [0.2, 0.25) is 0 Å². The van der Waals surface area contributed by atoms with Gasteiger partial charge in [0.05, 0.1) is 67.6 Å². The average molecular weight is 725 g/mol. The van der Waals surface area contributed by atoms with Crippen molar-refractivity contribution < 1.29 is 0 Å². The molecule has 0 aliphatic heterocycles. The minimum absolute atomic E-state index is 0.516. The van der Waals surface area contributed by atoms with E-state index in [-0.39, 0.29) is 0 Å². The molecule has 0 amide bonds. The first kappa shape index (κ1) is 32.1. The zero-order valence-electron chi connectivity index (χ0n) is 30.3. The summed E-state index contributed by atoms with van der Waals surface area (Å²) in [4.78, 5) is 0. The lowest BCUT2D eigenvalue weighted by Crippen LogP contribution is -2.03. The van der Waals surface area contributed by atoms with E-state index in [4.69, 9.17) is 0 Å². The van der Waals surface area contributed by atoms with Crippen LogP contribution < -0.4 is 0 Å². The molecule has 8 aromatic carbocycles. The largest absolute Gasteiger partial charge is 0.309 e. The van der Waals surface area contributed by atoms with Gasteiger partial charge in [-0.05, 0) is 84.4 Å². The number of fused-ring (bicyclic) bond motifs is 9. The third kappa shape index (κ3) is 4.68. The van der Waals surface area contributed by atoms with Gasteiger partial charge in [0.2, 0.25) is 0 Å². The fourth-order valence-corrected chi connectivity index (χ4v) is 8.93. The molecule has 0 radical (unpaired) electrons. The summed E-state index contributed by atoms with van der Waals surface area (Å²) in [6.07, 6.45) is 0. The zero-order chi connectivity index (χ0) is 38.2. The molecule has 0 aliphatic rings. The van der Waals surface area contributed by atoms with Gasteiger partial charge in [-0.3, -0.25) is 0 Å². The van der Waals surface area contributed by atoms with Gasteiger partial charge in [-0.1, -0.05) is 91.0 Å². The monoisotopic (exact) mass is 724 g/mol. The molecule has 11 rings (SSSR count). The molecule has 0 N–H and O–H groups in total. The van der Waals surface area contributed by atoms with Crippen LogP contribution in [0.4, 0.5) is 0 Å². The second-order valence-corrected chi connectivity index (χ2v) is 14.3. The number of hydrogen-bond donors (Lipinski definition) is 0. The van der Waals surface area contributed by atoms with Crippen molar-refractivity contribution in [2.75, 3.05) is 0 Å². The highest BCUT2D eigenvalue weighted by Crippen LogP contribution is 2.41. The molecule has 262 valence electrons. The molecule has 57 heavy (non-hydrogen) atoms. The van der Waals surface area contributed by atoms with Crippen LogP contribution in [0, 0.1) is 34.0 Å². The summed E-state index contributed by atoms with van der Waals surface area (Å²) in [7, 11) is 0. The van der Waals surface area contributed by atoms with Gasteiger partial charge in [-0.25, -0.2) is 0 Å². The Kier molecular flexibility index (Phi) is 6.95. The normalized spacial score (nSPS) is 11.5. The molecule has 0 unspecified atom stereocenters. The first-order chi connectivity index (χ1) is 28.1. The third-order valence-electron chi connectivity index (χ3n) is 11.3. The maximum absolute atomic E-state index is 10.8. The Morgan fingerprint density at radius 2 is 0.877 bits per heavy atom. The highest BCUT2D eigenvalue weighted by molar-refractivity contribution is 6.13. The molecule has 3 aromatic heterocycles. The van der Waals surface area contributed by atoms with Crippen LogP contribution in [0.5, 0.6) is 0 Å². The van der Waals surface area contributed by atoms with Gasteiger partial charge in [-0.15, -0.1) is 0 Å². The minimum Gasteiger partial charge on any atom is -0.309 e. The van der Waals surface area contributed by atoms with Crippen LogP contribution >= 0.6 is 0 Å². The number of nitrogens with zero attached hydrogens (tertiary/aromatic N) is 6. The Morgan fingerprint density at radius 3 is 1.49 bits per heavy atom. The van der Waals surface area contributed by atoms with Crippen LogP contribution in [0.15, 0.2) is 170 Å². The van der Waals surface area contributed by atoms with Gasteiger partial charge >= 0.3 is 0 Å². The van der Waals surface area contributed by atoms with Crippen LogP contribution in [0.25, 0.3) is 93.6 Å². The number of para-hydroxylation sites is 5. The van der Waals surface area contributed by atoms with Gasteiger partial charge in [0, 0.05) is 49.3 Å². The van der Waals surface area contributed by atoms with E-state index in [0.29, 0.717) is 16.7 Å². The Balaban J connectivity index is 1.20. The lowest BCUT2D eigenvalue weighted by Gasteiger charge is -2.18. The van der Waals surface area contributed by atoms with E-state index < -0.39 is 0 Å². The lowest BCUT2D eigenvalue weighted by molar-refractivity contribution is 1.15. The van der Waals surface area contributed by atoms with Crippen molar-refractivity contribution in [3.63, 3.8) is 0 Å². The van der Waals surface area contributed by atoms with Crippen molar-refractivity contribution in [2.24, 2.45) is 0 Å². The number of benzene rings is 8. The molecule has 6 nitrogen and oxygen atoms in total. The molecule has 0 aliphatic carbocycles. The predicted octanol–water partition coefficient (Wildman–Crippen LogP) is 12.3. The van der Waals surface area contributed by atoms with Gasteiger partial charge in [0.15, 0.2) is 0 Å². The maximum Gasteiger partial charge on any atom is 0.101 e. The molecule has 0 saturated carbocycles. The molecular formula is C51H28N6. The summed E-state index contributed by atoms with van der Waals surface area (Å²) < 4.78 is 6.68. The molecule has 3 heterocycles. The third-order valence-corrected chi connectivity index (χ3v) is 11.3. The summed E-state index contributed by atoms with van der Waals surface area (Å²) in [5, 5.41) is 37.5. The van der Waals surface area contributed by atoms with Crippen LogP contribution in [0.1, 0.15) is 16.7 Å². The zero-order valence-corrected chi connectivity index (χ0v) is 30.3. The predicted molar refractivity (Wildman–Crippen MR) is 229 cm³/mol. The summed E-state index contributed by atoms with van der Waals surface area (Å²) in [6, 6.07) is 64.7. The van der Waals surface area contributed by atoms with Crippen LogP contribution in [-0.4, -0.2) is 13.7 Å². The first-order valence-electron chi connectivity index (χ1n) is 18.7. The van der Waals surface area contributed by atoms with E-state index in [1.54, 1.807) is 0 Å². The van der Waals surface area contributed by atoms with Crippen molar-refractivity contribution in [1.29, 1.82) is 15.8 Å². The standard InChI is InChI=1S/C51H28N6/c52-29-32-20-23-49-44(26-32)42-14-4-7-18-47(42)55(49)36-21-22-43-41-13-3-8-19-48(41)57(50(43)28-36)51-34(31-54)10-9-15-38(51)35-24-33(30-53)25-37(27-35)56-45-16-5-1-11-39(45)40-12-2-6-17-46(40)56/h1-28H. The highest BCUT2D eigenvalue weighted by Gasteiger charge is 2.22. The number of rotatable bonds is 4. The Labute approximate surface area is 326 Å². The molecule has 0 atom stereocenters. The Bertz CT molecular complexity index is 3580. The van der Waals surface area contributed by atoms with Crippen molar-refractivity contribution in [3.8, 4) is 46.4 Å². The number of aromatic nitrogens is 3. The van der Waals surface area contributed by atoms with Gasteiger partial charge in [-0.2, -0.15) is 15.8 Å². The molecule has 0 spiro atoms. The molecule has 11 aromatic rings. The fraction of sp³-hybridized carbons (Fsp3) is 0. The van der Waals surface area contributed by atoms with Crippen LogP contribution in [0.3, 0.4) is 0 Å². The second kappa shape index (κ2) is 12.3. The Morgan fingerprint density at radius 1 is 0.333 bits per heavy atom. The van der Waals surface area contributed by atoms with E-state index in [2.05, 4.69) is 117 Å². The van der Waals surface area contributed by atoms with E-state index in [1.807, 2.05) is 84.9 Å². The van der Waals surface area contributed by atoms with Gasteiger partial charge in [0.25, 0.3) is 0 Å². The van der Waals surface area contributed by atoms with E-state index in [9.17, 15) is 15.8 Å². The first-order valence-corrected chi connectivity index (χ1v) is 18.7. The van der Waals surface area contributed by atoms with E-state index >= 15 is 0 Å². The molecule has 0 fully saturated rings. The molecule has 0 saturated heterocycles. The summed E-state index contributed by atoms with van der Waals surface area (Å²) >= 11 is 0. The van der Waals surface area contributed by atoms with E-state index in [0.717, 1.165) is 93.6 Å². The fourth-order valence-electron chi connectivity index (χ4n) is 8.93. The number of hydrogen-bond acceptors (Lipinski definition) is 3.